The first-order valence-corrected chi connectivity index (χ1v) is 4.64. The molecule has 1 aliphatic carbocycles. The summed E-state index contributed by atoms with van der Waals surface area (Å²) in [6.07, 6.45) is 3.68. The maximum Gasteiger partial charge on any atom is 0.192 e. The lowest BCUT2D eigenvalue weighted by Crippen LogP contribution is -2.16. The van der Waals surface area contributed by atoms with E-state index in [1.807, 2.05) is 10.6 Å². The predicted octanol–water partition coefficient (Wildman–Crippen LogP) is 2.68. The van der Waals surface area contributed by atoms with Crippen LogP contribution in [0.25, 0.3) is 0 Å². The van der Waals surface area contributed by atoms with E-state index in [1.165, 1.54) is 19.3 Å². The summed E-state index contributed by atoms with van der Waals surface area (Å²) in [5.74, 6) is 0.376. The molecule has 0 aliphatic heterocycles. The number of aromatic nitrogens is 1. The van der Waals surface area contributed by atoms with Gasteiger partial charge in [0.15, 0.2) is 5.88 Å². The minimum Gasteiger partial charge on any atom is -0.494 e. The Morgan fingerprint density at radius 3 is 2.55 bits per heavy atom. The van der Waals surface area contributed by atoms with E-state index in [0.29, 0.717) is 11.9 Å². The Bertz CT molecular complexity index is 246. The highest BCUT2D eigenvalue weighted by molar-refractivity contribution is 9.10. The molecule has 0 spiro atoms. The average molecular weight is 216 g/mol. The van der Waals surface area contributed by atoms with Gasteiger partial charge in [-0.05, 0) is 41.3 Å². The molecule has 1 aromatic rings. The van der Waals surface area contributed by atoms with Crippen molar-refractivity contribution < 1.29 is 5.11 Å². The van der Waals surface area contributed by atoms with Crippen molar-refractivity contribution in [1.29, 1.82) is 0 Å². The third kappa shape index (κ3) is 1.07. The summed E-state index contributed by atoms with van der Waals surface area (Å²) in [7, 11) is 0. The van der Waals surface area contributed by atoms with Crippen molar-refractivity contribution in [2.45, 2.75) is 25.3 Å². The summed E-state index contributed by atoms with van der Waals surface area (Å²) in [6, 6.07) is 4.13. The van der Waals surface area contributed by atoms with Crippen molar-refractivity contribution in [3.05, 3.63) is 16.7 Å². The fraction of sp³-hybridized carbons (Fsp3) is 0.500. The third-order valence-electron chi connectivity index (χ3n) is 2.29. The number of hydrogen-bond acceptors (Lipinski definition) is 1. The highest BCUT2D eigenvalue weighted by Gasteiger charge is 2.22. The molecular weight excluding hydrogens is 206 g/mol. The monoisotopic (exact) mass is 215 g/mol. The van der Waals surface area contributed by atoms with E-state index in [2.05, 4.69) is 15.9 Å². The first kappa shape index (κ1) is 7.22. The molecule has 1 aliphatic rings. The normalized spacial score (nSPS) is 18.3. The molecule has 1 aromatic heterocycles. The van der Waals surface area contributed by atoms with E-state index in [1.54, 1.807) is 6.07 Å². The molecule has 11 heavy (non-hydrogen) atoms. The predicted molar refractivity (Wildman–Crippen MR) is 46.7 cm³/mol. The second-order valence-electron chi connectivity index (χ2n) is 2.97. The molecule has 1 saturated carbocycles. The molecule has 0 amide bonds. The Morgan fingerprint density at radius 2 is 2.18 bits per heavy atom. The SMILES string of the molecule is Oc1ccc(Br)n1C1CCC1. The minimum absolute atomic E-state index is 0.376. The molecule has 0 unspecified atom stereocenters. The Hall–Kier alpha value is -0.440. The molecule has 0 aromatic carbocycles. The largest absolute Gasteiger partial charge is 0.494 e. The fourth-order valence-electron chi connectivity index (χ4n) is 1.42. The molecule has 0 bridgehead atoms. The van der Waals surface area contributed by atoms with E-state index in [4.69, 9.17) is 0 Å². The lowest BCUT2D eigenvalue weighted by atomic mass is 9.93. The highest BCUT2D eigenvalue weighted by atomic mass is 79.9. The topological polar surface area (TPSA) is 25.2 Å². The summed E-state index contributed by atoms with van der Waals surface area (Å²) >= 11 is 3.40. The molecule has 1 fully saturated rings. The van der Waals surface area contributed by atoms with Gasteiger partial charge in [-0.2, -0.15) is 0 Å². The highest BCUT2D eigenvalue weighted by Crippen LogP contribution is 2.37. The standard InChI is InChI=1S/C8H10BrNO/c9-7-4-5-8(11)10(7)6-2-1-3-6/h4-6,11H,1-3H2. The Morgan fingerprint density at radius 1 is 1.45 bits per heavy atom. The van der Waals surface area contributed by atoms with Crippen LogP contribution in [0.1, 0.15) is 25.3 Å². The lowest BCUT2D eigenvalue weighted by molar-refractivity contribution is 0.277. The Kier molecular flexibility index (Phi) is 1.68. The van der Waals surface area contributed by atoms with Gasteiger partial charge >= 0.3 is 0 Å². The van der Waals surface area contributed by atoms with Gasteiger partial charge < -0.3 is 9.67 Å². The van der Waals surface area contributed by atoms with E-state index < -0.39 is 0 Å². The summed E-state index contributed by atoms with van der Waals surface area (Å²) in [4.78, 5) is 0. The smallest absolute Gasteiger partial charge is 0.192 e. The first-order chi connectivity index (χ1) is 5.29. The van der Waals surface area contributed by atoms with Crippen molar-refractivity contribution in [3.8, 4) is 5.88 Å². The van der Waals surface area contributed by atoms with Gasteiger partial charge in [-0.25, -0.2) is 0 Å². The van der Waals surface area contributed by atoms with Gasteiger partial charge in [0, 0.05) is 12.1 Å². The zero-order valence-electron chi connectivity index (χ0n) is 6.13. The number of rotatable bonds is 1. The van der Waals surface area contributed by atoms with Crippen LogP contribution in [0.5, 0.6) is 5.88 Å². The summed E-state index contributed by atoms with van der Waals surface area (Å²) < 4.78 is 2.93. The van der Waals surface area contributed by atoms with Crippen LogP contribution < -0.4 is 0 Å². The third-order valence-corrected chi connectivity index (χ3v) is 2.93. The number of hydrogen-bond donors (Lipinski definition) is 1. The van der Waals surface area contributed by atoms with Crippen LogP contribution in [0.2, 0.25) is 0 Å². The average Bonchev–Trinajstić information content (AvgIpc) is 2.15. The maximum absolute atomic E-state index is 9.40. The van der Waals surface area contributed by atoms with Crippen LogP contribution in [0.3, 0.4) is 0 Å². The van der Waals surface area contributed by atoms with Crippen LogP contribution in [0.4, 0.5) is 0 Å². The minimum atomic E-state index is 0.376. The molecule has 0 atom stereocenters. The van der Waals surface area contributed by atoms with Crippen molar-refractivity contribution >= 4 is 15.9 Å². The lowest BCUT2D eigenvalue weighted by Gasteiger charge is -2.28. The number of halogens is 1. The van der Waals surface area contributed by atoms with Gasteiger partial charge in [0.25, 0.3) is 0 Å². The number of nitrogens with zero attached hydrogens (tertiary/aromatic N) is 1. The zero-order valence-corrected chi connectivity index (χ0v) is 7.71. The first-order valence-electron chi connectivity index (χ1n) is 3.85. The van der Waals surface area contributed by atoms with Gasteiger partial charge in [0.1, 0.15) is 0 Å². The van der Waals surface area contributed by atoms with E-state index >= 15 is 0 Å². The van der Waals surface area contributed by atoms with Crippen molar-refractivity contribution in [2.24, 2.45) is 0 Å². The second-order valence-corrected chi connectivity index (χ2v) is 3.78. The molecule has 2 nitrogen and oxygen atoms in total. The van der Waals surface area contributed by atoms with Crippen molar-refractivity contribution in [1.82, 2.24) is 4.57 Å². The molecule has 0 saturated heterocycles. The van der Waals surface area contributed by atoms with Gasteiger partial charge in [-0.3, -0.25) is 0 Å². The van der Waals surface area contributed by atoms with Crippen LogP contribution in [0, 0.1) is 0 Å². The maximum atomic E-state index is 9.40. The van der Waals surface area contributed by atoms with Crippen LogP contribution in [0.15, 0.2) is 16.7 Å². The van der Waals surface area contributed by atoms with E-state index in [-0.39, 0.29) is 0 Å². The van der Waals surface area contributed by atoms with Crippen LogP contribution >= 0.6 is 15.9 Å². The fourth-order valence-corrected chi connectivity index (χ4v) is 2.02. The molecule has 1 heterocycles. The zero-order chi connectivity index (χ0) is 7.84. The molecular formula is C8H10BrNO. The second kappa shape index (κ2) is 2.55. The molecule has 3 heteroatoms. The van der Waals surface area contributed by atoms with Gasteiger partial charge in [-0.15, -0.1) is 0 Å². The summed E-state index contributed by atoms with van der Waals surface area (Å²) in [5.41, 5.74) is 0. The Labute approximate surface area is 74.0 Å². The molecule has 60 valence electrons. The quantitative estimate of drug-likeness (QED) is 0.766. The molecule has 0 radical (unpaired) electrons. The molecule has 1 N–H and O–H groups in total. The van der Waals surface area contributed by atoms with Crippen LogP contribution in [-0.2, 0) is 0 Å². The summed E-state index contributed by atoms with van der Waals surface area (Å²) in [6.45, 7) is 0. The van der Waals surface area contributed by atoms with Gasteiger partial charge in [0.05, 0.1) is 4.60 Å². The number of aromatic hydroxyl groups is 1. The summed E-state index contributed by atoms with van der Waals surface area (Å²) in [5, 5.41) is 9.40. The van der Waals surface area contributed by atoms with E-state index in [0.717, 1.165) is 4.60 Å². The Balaban J connectivity index is 2.33. The van der Waals surface area contributed by atoms with Crippen LogP contribution in [-0.4, -0.2) is 9.67 Å². The van der Waals surface area contributed by atoms with Crippen molar-refractivity contribution in [2.75, 3.05) is 0 Å². The van der Waals surface area contributed by atoms with Gasteiger partial charge in [0.2, 0.25) is 0 Å². The van der Waals surface area contributed by atoms with Gasteiger partial charge in [-0.1, -0.05) is 0 Å². The van der Waals surface area contributed by atoms with Crippen molar-refractivity contribution in [3.63, 3.8) is 0 Å². The molecule has 2 rings (SSSR count). The van der Waals surface area contributed by atoms with E-state index in [9.17, 15) is 5.11 Å².